The van der Waals surface area contributed by atoms with E-state index in [1.54, 1.807) is 24.4 Å². The molecule has 6 nitrogen and oxygen atoms in total. The van der Waals surface area contributed by atoms with Gasteiger partial charge in [-0.1, -0.05) is 0 Å². The van der Waals surface area contributed by atoms with E-state index in [0.29, 0.717) is 22.9 Å². The second-order valence-corrected chi connectivity index (χ2v) is 5.62. The van der Waals surface area contributed by atoms with Crippen LogP contribution in [-0.4, -0.2) is 30.8 Å². The van der Waals surface area contributed by atoms with Gasteiger partial charge in [0, 0.05) is 36.7 Å². The van der Waals surface area contributed by atoms with Crippen molar-refractivity contribution in [2.45, 2.75) is 12.8 Å². The molecule has 23 heavy (non-hydrogen) atoms. The van der Waals surface area contributed by atoms with Crippen LogP contribution in [0.3, 0.4) is 0 Å². The summed E-state index contributed by atoms with van der Waals surface area (Å²) in [6.07, 6.45) is 4.07. The number of hydrogen-bond acceptors (Lipinski definition) is 5. The summed E-state index contributed by atoms with van der Waals surface area (Å²) in [6, 6.07) is 9.11. The van der Waals surface area contributed by atoms with Crippen molar-refractivity contribution in [3.8, 4) is 11.5 Å². The van der Waals surface area contributed by atoms with Gasteiger partial charge in [0.25, 0.3) is 5.91 Å². The highest BCUT2D eigenvalue weighted by Crippen LogP contribution is 2.34. The number of carbonyl (C=O) groups excluding carboxylic acids is 1. The molecule has 2 aromatic rings. The predicted molar refractivity (Wildman–Crippen MR) is 86.2 cm³/mol. The van der Waals surface area contributed by atoms with E-state index in [2.05, 4.69) is 15.2 Å². The molecule has 2 aliphatic heterocycles. The lowest BCUT2D eigenvalue weighted by Gasteiger charge is -2.17. The number of nitrogens with zero attached hydrogens (tertiary/aromatic N) is 2. The second-order valence-electron chi connectivity index (χ2n) is 5.62. The average Bonchev–Trinajstić information content (AvgIpc) is 3.26. The Bertz CT molecular complexity index is 742. The highest BCUT2D eigenvalue weighted by molar-refractivity contribution is 6.03. The minimum atomic E-state index is -0.232. The molecule has 4 rings (SSSR count). The van der Waals surface area contributed by atoms with Gasteiger partial charge in [0.1, 0.15) is 5.69 Å². The Morgan fingerprint density at radius 3 is 2.78 bits per heavy atom. The zero-order chi connectivity index (χ0) is 15.6. The average molecular weight is 311 g/mol. The van der Waals surface area contributed by atoms with Crippen molar-refractivity contribution in [2.75, 3.05) is 30.1 Å². The predicted octanol–water partition coefficient (Wildman–Crippen LogP) is 2.66. The maximum absolute atomic E-state index is 12.4. The van der Waals surface area contributed by atoms with Crippen LogP contribution in [0.25, 0.3) is 0 Å². The van der Waals surface area contributed by atoms with Gasteiger partial charge in [0.2, 0.25) is 6.79 Å². The van der Waals surface area contributed by atoms with Crippen molar-refractivity contribution in [3.63, 3.8) is 0 Å². The lowest BCUT2D eigenvalue weighted by Crippen LogP contribution is -2.19. The first-order valence-electron chi connectivity index (χ1n) is 7.71. The normalized spacial score (nSPS) is 15.7. The van der Waals surface area contributed by atoms with Gasteiger partial charge in [-0.25, -0.2) is 0 Å². The van der Waals surface area contributed by atoms with E-state index in [0.717, 1.165) is 18.8 Å². The fourth-order valence-corrected chi connectivity index (χ4v) is 2.89. The first-order valence-corrected chi connectivity index (χ1v) is 7.71. The minimum Gasteiger partial charge on any atom is -0.454 e. The quantitative estimate of drug-likeness (QED) is 0.944. The second kappa shape index (κ2) is 5.79. The number of hydrogen-bond donors (Lipinski definition) is 1. The molecule has 6 heteroatoms. The molecule has 1 saturated heterocycles. The van der Waals surface area contributed by atoms with Crippen LogP contribution in [0, 0.1) is 0 Å². The van der Waals surface area contributed by atoms with Crippen molar-refractivity contribution in [3.05, 3.63) is 42.2 Å². The molecule has 1 aromatic heterocycles. The van der Waals surface area contributed by atoms with Crippen molar-refractivity contribution >= 4 is 17.3 Å². The summed E-state index contributed by atoms with van der Waals surface area (Å²) in [6.45, 7) is 2.28. The highest BCUT2D eigenvalue weighted by Gasteiger charge is 2.17. The van der Waals surface area contributed by atoms with Crippen molar-refractivity contribution in [1.82, 2.24) is 4.98 Å². The Morgan fingerprint density at radius 1 is 1.09 bits per heavy atom. The number of nitrogens with one attached hydrogen (secondary N) is 1. The minimum absolute atomic E-state index is 0.214. The smallest absolute Gasteiger partial charge is 0.274 e. The van der Waals surface area contributed by atoms with Gasteiger partial charge in [0.05, 0.1) is 0 Å². The van der Waals surface area contributed by atoms with Gasteiger partial charge in [-0.15, -0.1) is 0 Å². The zero-order valence-corrected chi connectivity index (χ0v) is 12.6. The monoisotopic (exact) mass is 311 g/mol. The van der Waals surface area contributed by atoms with E-state index in [1.807, 2.05) is 12.1 Å². The van der Waals surface area contributed by atoms with Gasteiger partial charge in [-0.3, -0.25) is 9.78 Å². The van der Waals surface area contributed by atoms with Crippen LogP contribution < -0.4 is 19.7 Å². The van der Waals surface area contributed by atoms with E-state index in [9.17, 15) is 4.79 Å². The van der Waals surface area contributed by atoms with E-state index in [-0.39, 0.29) is 12.7 Å². The molecule has 1 amide bonds. The molecule has 0 saturated carbocycles. The van der Waals surface area contributed by atoms with Crippen molar-refractivity contribution in [2.24, 2.45) is 0 Å². The Morgan fingerprint density at radius 2 is 1.91 bits per heavy atom. The van der Waals surface area contributed by atoms with Crippen LogP contribution >= 0.6 is 0 Å². The van der Waals surface area contributed by atoms with Crippen LogP contribution in [0.1, 0.15) is 23.3 Å². The van der Waals surface area contributed by atoms with Gasteiger partial charge in [-0.05, 0) is 37.1 Å². The number of ether oxygens (including phenoxy) is 2. The fourth-order valence-electron chi connectivity index (χ4n) is 2.89. The fraction of sp³-hybridized carbons (Fsp3) is 0.294. The molecule has 0 spiro atoms. The summed E-state index contributed by atoms with van der Waals surface area (Å²) in [5.41, 5.74) is 2.12. The van der Waals surface area contributed by atoms with E-state index in [4.69, 9.17) is 9.47 Å². The highest BCUT2D eigenvalue weighted by atomic mass is 16.7. The number of fused-ring (bicyclic) bond motifs is 1. The van der Waals surface area contributed by atoms with Crippen LogP contribution in [0.15, 0.2) is 36.5 Å². The lowest BCUT2D eigenvalue weighted by atomic mass is 10.2. The van der Waals surface area contributed by atoms with Crippen LogP contribution in [0.2, 0.25) is 0 Å². The largest absolute Gasteiger partial charge is 0.454 e. The number of rotatable bonds is 3. The van der Waals surface area contributed by atoms with Crippen LogP contribution in [-0.2, 0) is 0 Å². The van der Waals surface area contributed by atoms with E-state index in [1.165, 1.54) is 12.8 Å². The zero-order valence-electron chi connectivity index (χ0n) is 12.6. The Kier molecular flexibility index (Phi) is 3.49. The molecule has 1 fully saturated rings. The maximum Gasteiger partial charge on any atom is 0.274 e. The number of benzene rings is 1. The summed E-state index contributed by atoms with van der Waals surface area (Å²) in [5.74, 6) is 1.10. The molecule has 0 unspecified atom stereocenters. The van der Waals surface area contributed by atoms with E-state index < -0.39 is 0 Å². The molecule has 0 aliphatic carbocycles. The molecule has 0 atom stereocenters. The molecule has 0 bridgehead atoms. The number of pyridine rings is 1. The summed E-state index contributed by atoms with van der Waals surface area (Å²) in [4.78, 5) is 18.9. The van der Waals surface area contributed by atoms with Crippen molar-refractivity contribution in [1.29, 1.82) is 0 Å². The molecule has 2 aliphatic rings. The van der Waals surface area contributed by atoms with Gasteiger partial charge < -0.3 is 19.7 Å². The first kappa shape index (κ1) is 13.9. The third-order valence-corrected chi connectivity index (χ3v) is 4.08. The standard InChI is InChI=1S/C17H17N3O3/c21-17(19-12-3-4-15-16(9-12)23-11-22-15)14-10-13(5-6-18-14)20-7-1-2-8-20/h3-6,9-10H,1-2,7-8,11H2,(H,19,21). The van der Waals surface area contributed by atoms with Gasteiger partial charge >= 0.3 is 0 Å². The molecule has 0 radical (unpaired) electrons. The third kappa shape index (κ3) is 2.79. The number of carbonyl (C=O) groups is 1. The van der Waals surface area contributed by atoms with Crippen LogP contribution in [0.5, 0.6) is 11.5 Å². The lowest BCUT2D eigenvalue weighted by molar-refractivity contribution is 0.102. The SMILES string of the molecule is O=C(Nc1ccc2c(c1)OCO2)c1cc(N2CCCC2)ccn1. The van der Waals surface area contributed by atoms with Gasteiger partial charge in [0.15, 0.2) is 11.5 Å². The Balaban J connectivity index is 1.51. The third-order valence-electron chi connectivity index (χ3n) is 4.08. The summed E-state index contributed by atoms with van der Waals surface area (Å²) >= 11 is 0. The molecule has 3 heterocycles. The van der Waals surface area contributed by atoms with Crippen LogP contribution in [0.4, 0.5) is 11.4 Å². The molecule has 1 aromatic carbocycles. The molecule has 118 valence electrons. The topological polar surface area (TPSA) is 63.7 Å². The number of aromatic nitrogens is 1. The number of amides is 1. The summed E-state index contributed by atoms with van der Waals surface area (Å²) in [5, 5.41) is 2.85. The molecular formula is C17H17N3O3. The Labute approximate surface area is 134 Å². The maximum atomic E-state index is 12.4. The van der Waals surface area contributed by atoms with Gasteiger partial charge in [-0.2, -0.15) is 0 Å². The van der Waals surface area contributed by atoms with E-state index >= 15 is 0 Å². The molecular weight excluding hydrogens is 294 g/mol. The Hall–Kier alpha value is -2.76. The summed E-state index contributed by atoms with van der Waals surface area (Å²) < 4.78 is 10.6. The first-order chi connectivity index (χ1) is 11.3. The molecule has 1 N–H and O–H groups in total. The number of anilines is 2. The summed E-state index contributed by atoms with van der Waals surface area (Å²) in [7, 11) is 0. The van der Waals surface area contributed by atoms with Crippen molar-refractivity contribution < 1.29 is 14.3 Å².